The molecule has 1 aliphatic heterocycles. The molecule has 0 bridgehead atoms. The van der Waals surface area contributed by atoms with Gasteiger partial charge in [-0.2, -0.15) is 0 Å². The number of hydrogen-bond acceptors (Lipinski definition) is 5. The SMILES string of the molecule is Cc1cc(=O)[nH]c(C2CN(Cc3ccccc3C(=O)O)CCO2)n1. The molecule has 1 aromatic carbocycles. The molecule has 126 valence electrons. The fourth-order valence-electron chi connectivity index (χ4n) is 2.87. The summed E-state index contributed by atoms with van der Waals surface area (Å²) in [5.74, 6) is -0.420. The Labute approximate surface area is 138 Å². The van der Waals surface area contributed by atoms with E-state index in [-0.39, 0.29) is 11.7 Å². The standard InChI is InChI=1S/C17H19N3O4/c1-11-8-15(21)19-16(18-11)14-10-20(6-7-24-14)9-12-4-2-3-5-13(12)17(22)23/h2-5,8,14H,6-7,9-10H2,1H3,(H,22,23)(H,18,19,21). The largest absolute Gasteiger partial charge is 0.478 e. The fraction of sp³-hybridized carbons (Fsp3) is 0.353. The molecule has 2 aromatic rings. The van der Waals surface area contributed by atoms with Crippen molar-refractivity contribution in [2.75, 3.05) is 19.7 Å². The quantitative estimate of drug-likeness (QED) is 0.879. The summed E-state index contributed by atoms with van der Waals surface area (Å²) in [6.07, 6.45) is -0.330. The number of hydrogen-bond donors (Lipinski definition) is 2. The van der Waals surface area contributed by atoms with E-state index in [0.29, 0.717) is 43.3 Å². The van der Waals surface area contributed by atoms with Crippen molar-refractivity contribution in [3.05, 3.63) is 63.3 Å². The Morgan fingerprint density at radius 2 is 2.25 bits per heavy atom. The summed E-state index contributed by atoms with van der Waals surface area (Å²) in [5.41, 5.74) is 1.51. The molecule has 7 nitrogen and oxygen atoms in total. The van der Waals surface area contributed by atoms with Crippen molar-refractivity contribution in [2.24, 2.45) is 0 Å². The van der Waals surface area contributed by atoms with Gasteiger partial charge in [0.15, 0.2) is 0 Å². The molecule has 0 spiro atoms. The summed E-state index contributed by atoms with van der Waals surface area (Å²) in [6, 6.07) is 8.42. The van der Waals surface area contributed by atoms with Crippen molar-refractivity contribution in [2.45, 2.75) is 19.6 Å². The van der Waals surface area contributed by atoms with E-state index in [9.17, 15) is 14.7 Å². The lowest BCUT2D eigenvalue weighted by Crippen LogP contribution is -2.39. The minimum atomic E-state index is -0.930. The highest BCUT2D eigenvalue weighted by molar-refractivity contribution is 5.89. The third-order valence-electron chi connectivity index (χ3n) is 3.99. The predicted molar refractivity (Wildman–Crippen MR) is 87.0 cm³/mol. The Bertz CT molecular complexity index is 802. The molecule has 24 heavy (non-hydrogen) atoms. The molecule has 1 aromatic heterocycles. The van der Waals surface area contributed by atoms with E-state index < -0.39 is 5.97 Å². The van der Waals surface area contributed by atoms with Crippen molar-refractivity contribution >= 4 is 5.97 Å². The van der Waals surface area contributed by atoms with E-state index in [1.165, 1.54) is 6.07 Å². The number of morpholine rings is 1. The molecule has 2 heterocycles. The van der Waals surface area contributed by atoms with Crippen LogP contribution in [0.25, 0.3) is 0 Å². The maximum absolute atomic E-state index is 11.6. The molecule has 1 saturated heterocycles. The Hall–Kier alpha value is -2.51. The summed E-state index contributed by atoms with van der Waals surface area (Å²) in [6.45, 7) is 4.01. The maximum atomic E-state index is 11.6. The Balaban J connectivity index is 1.77. The number of carbonyl (C=O) groups is 1. The number of carboxylic acids is 1. The van der Waals surface area contributed by atoms with Gasteiger partial charge in [-0.15, -0.1) is 0 Å². The van der Waals surface area contributed by atoms with Gasteiger partial charge in [0.05, 0.1) is 12.2 Å². The molecule has 2 N–H and O–H groups in total. The third-order valence-corrected chi connectivity index (χ3v) is 3.99. The molecular formula is C17H19N3O4. The third kappa shape index (κ3) is 3.69. The number of aromatic carboxylic acids is 1. The predicted octanol–water partition coefficient (Wildman–Crippen LogP) is 1.35. The highest BCUT2D eigenvalue weighted by atomic mass is 16.5. The number of benzene rings is 1. The van der Waals surface area contributed by atoms with Gasteiger partial charge in [-0.1, -0.05) is 18.2 Å². The van der Waals surface area contributed by atoms with E-state index in [1.54, 1.807) is 19.1 Å². The molecule has 0 aliphatic carbocycles. The number of aromatic nitrogens is 2. The second kappa shape index (κ2) is 6.94. The topological polar surface area (TPSA) is 95.5 Å². The second-order valence-electron chi connectivity index (χ2n) is 5.83. The number of aryl methyl sites for hydroxylation is 1. The average molecular weight is 329 g/mol. The van der Waals surface area contributed by atoms with Crippen molar-refractivity contribution in [3.8, 4) is 0 Å². The lowest BCUT2D eigenvalue weighted by Gasteiger charge is -2.32. The van der Waals surface area contributed by atoms with Crippen LogP contribution in [0, 0.1) is 6.92 Å². The van der Waals surface area contributed by atoms with Crippen molar-refractivity contribution in [1.29, 1.82) is 0 Å². The van der Waals surface area contributed by atoms with Gasteiger partial charge in [-0.25, -0.2) is 9.78 Å². The number of rotatable bonds is 4. The number of ether oxygens (including phenoxy) is 1. The van der Waals surface area contributed by atoms with Crippen LogP contribution < -0.4 is 5.56 Å². The van der Waals surface area contributed by atoms with Crippen molar-refractivity contribution in [1.82, 2.24) is 14.9 Å². The summed E-state index contributed by atoms with van der Waals surface area (Å²) in [5, 5.41) is 9.29. The first-order chi connectivity index (χ1) is 11.5. The number of nitrogens with one attached hydrogen (secondary N) is 1. The zero-order chi connectivity index (χ0) is 17.1. The number of aromatic amines is 1. The van der Waals surface area contributed by atoms with Crippen LogP contribution in [-0.4, -0.2) is 45.6 Å². The normalized spacial score (nSPS) is 18.5. The van der Waals surface area contributed by atoms with E-state index in [2.05, 4.69) is 14.9 Å². The van der Waals surface area contributed by atoms with Gasteiger partial charge in [0.2, 0.25) is 0 Å². The fourth-order valence-corrected chi connectivity index (χ4v) is 2.87. The molecule has 3 rings (SSSR count). The molecule has 0 radical (unpaired) electrons. The lowest BCUT2D eigenvalue weighted by molar-refractivity contribution is -0.0374. The maximum Gasteiger partial charge on any atom is 0.336 e. The van der Waals surface area contributed by atoms with Gasteiger partial charge >= 0.3 is 5.97 Å². The summed E-state index contributed by atoms with van der Waals surface area (Å²) < 4.78 is 5.73. The van der Waals surface area contributed by atoms with E-state index in [1.807, 2.05) is 12.1 Å². The first-order valence-electron chi connectivity index (χ1n) is 7.76. The first-order valence-corrected chi connectivity index (χ1v) is 7.76. The summed E-state index contributed by atoms with van der Waals surface area (Å²) in [7, 11) is 0. The minimum Gasteiger partial charge on any atom is -0.478 e. The molecule has 1 atom stereocenters. The lowest BCUT2D eigenvalue weighted by atomic mass is 10.1. The van der Waals surface area contributed by atoms with Crippen LogP contribution in [-0.2, 0) is 11.3 Å². The molecular weight excluding hydrogens is 310 g/mol. The van der Waals surface area contributed by atoms with Crippen LogP contribution >= 0.6 is 0 Å². The van der Waals surface area contributed by atoms with Crippen LogP contribution in [0.4, 0.5) is 0 Å². The van der Waals surface area contributed by atoms with Crippen LogP contribution in [0.15, 0.2) is 35.1 Å². The first kappa shape index (κ1) is 16.4. The van der Waals surface area contributed by atoms with Gasteiger partial charge in [0.1, 0.15) is 11.9 Å². The molecule has 1 fully saturated rings. The summed E-state index contributed by atoms with van der Waals surface area (Å²) >= 11 is 0. The molecule has 0 amide bonds. The Morgan fingerprint density at radius 3 is 3.00 bits per heavy atom. The van der Waals surface area contributed by atoms with Gasteiger partial charge in [0.25, 0.3) is 5.56 Å². The van der Waals surface area contributed by atoms with E-state index >= 15 is 0 Å². The van der Waals surface area contributed by atoms with Crippen LogP contribution in [0.1, 0.15) is 33.5 Å². The zero-order valence-electron chi connectivity index (χ0n) is 13.4. The van der Waals surface area contributed by atoms with Crippen LogP contribution in [0.5, 0.6) is 0 Å². The number of nitrogens with zero attached hydrogens (tertiary/aromatic N) is 2. The van der Waals surface area contributed by atoms with Gasteiger partial charge in [-0.3, -0.25) is 9.69 Å². The molecule has 1 unspecified atom stereocenters. The smallest absolute Gasteiger partial charge is 0.336 e. The molecule has 0 saturated carbocycles. The minimum absolute atomic E-state index is 0.200. The highest BCUT2D eigenvalue weighted by Crippen LogP contribution is 2.21. The van der Waals surface area contributed by atoms with Crippen LogP contribution in [0.2, 0.25) is 0 Å². The van der Waals surface area contributed by atoms with E-state index in [0.717, 1.165) is 5.56 Å². The van der Waals surface area contributed by atoms with Gasteiger partial charge < -0.3 is 14.8 Å². The monoisotopic (exact) mass is 329 g/mol. The molecule has 1 aliphatic rings. The Morgan fingerprint density at radius 1 is 1.46 bits per heavy atom. The Kier molecular flexibility index (Phi) is 4.73. The van der Waals surface area contributed by atoms with Crippen molar-refractivity contribution < 1.29 is 14.6 Å². The van der Waals surface area contributed by atoms with E-state index in [4.69, 9.17) is 4.74 Å². The summed E-state index contributed by atoms with van der Waals surface area (Å²) in [4.78, 5) is 32.1. The highest BCUT2D eigenvalue weighted by Gasteiger charge is 2.25. The second-order valence-corrected chi connectivity index (χ2v) is 5.83. The van der Waals surface area contributed by atoms with Crippen LogP contribution in [0.3, 0.4) is 0 Å². The van der Waals surface area contributed by atoms with Gasteiger partial charge in [0, 0.05) is 31.4 Å². The zero-order valence-corrected chi connectivity index (χ0v) is 13.4. The number of carboxylic acid groups (broad SMARTS) is 1. The average Bonchev–Trinajstić information content (AvgIpc) is 2.54. The van der Waals surface area contributed by atoms with Crippen molar-refractivity contribution in [3.63, 3.8) is 0 Å². The van der Waals surface area contributed by atoms with Gasteiger partial charge in [-0.05, 0) is 18.6 Å². The number of H-pyrrole nitrogens is 1. The molecule has 7 heteroatoms.